The molecule has 3 heterocycles. The van der Waals surface area contributed by atoms with E-state index in [2.05, 4.69) is 10.1 Å². The van der Waals surface area contributed by atoms with Crippen LogP contribution in [0.2, 0.25) is 0 Å². The van der Waals surface area contributed by atoms with Gasteiger partial charge in [0.25, 0.3) is 5.78 Å². The van der Waals surface area contributed by atoms with E-state index in [0.717, 1.165) is 0 Å². The number of carbonyl (C=O) groups is 2. The van der Waals surface area contributed by atoms with E-state index in [1.54, 1.807) is 61.8 Å². The molecule has 1 unspecified atom stereocenters. The van der Waals surface area contributed by atoms with Crippen LogP contribution in [0.1, 0.15) is 29.9 Å². The van der Waals surface area contributed by atoms with Crippen molar-refractivity contribution < 1.29 is 24.0 Å². The number of amides is 1. The SMILES string of the molecule is CCOc1ccc(/C(O)=C2\C(=O)C(=O)N(c3cc(C)on3)C2c2cccnc2)cc1. The monoisotopic (exact) mass is 405 g/mol. The Hall–Kier alpha value is -3.94. The minimum absolute atomic E-state index is 0.0437. The molecule has 1 aliphatic heterocycles. The highest BCUT2D eigenvalue weighted by atomic mass is 16.5. The molecule has 30 heavy (non-hydrogen) atoms. The van der Waals surface area contributed by atoms with Crippen LogP contribution in [-0.4, -0.2) is 33.5 Å². The first-order valence-electron chi connectivity index (χ1n) is 9.38. The largest absolute Gasteiger partial charge is 0.507 e. The van der Waals surface area contributed by atoms with Gasteiger partial charge in [0.05, 0.1) is 18.2 Å². The fourth-order valence-corrected chi connectivity index (χ4v) is 3.42. The van der Waals surface area contributed by atoms with Gasteiger partial charge in [-0.1, -0.05) is 11.2 Å². The molecule has 8 heteroatoms. The Morgan fingerprint density at radius 3 is 2.60 bits per heavy atom. The predicted octanol–water partition coefficient (Wildman–Crippen LogP) is 3.40. The second-order valence-corrected chi connectivity index (χ2v) is 6.71. The van der Waals surface area contributed by atoms with Crippen molar-refractivity contribution in [1.29, 1.82) is 0 Å². The predicted molar refractivity (Wildman–Crippen MR) is 108 cm³/mol. The lowest BCUT2D eigenvalue weighted by molar-refractivity contribution is -0.132. The molecule has 1 amide bonds. The molecule has 1 aliphatic rings. The third-order valence-corrected chi connectivity index (χ3v) is 4.75. The van der Waals surface area contributed by atoms with Crippen molar-refractivity contribution in [2.45, 2.75) is 19.9 Å². The molecule has 1 aromatic carbocycles. The first-order valence-corrected chi connectivity index (χ1v) is 9.38. The molecule has 0 aliphatic carbocycles. The lowest BCUT2D eigenvalue weighted by Crippen LogP contribution is -2.29. The Bertz CT molecular complexity index is 1120. The minimum Gasteiger partial charge on any atom is -0.507 e. The van der Waals surface area contributed by atoms with E-state index in [1.165, 1.54) is 4.90 Å². The van der Waals surface area contributed by atoms with Crippen LogP contribution >= 0.6 is 0 Å². The summed E-state index contributed by atoms with van der Waals surface area (Å²) >= 11 is 0. The number of hydrogen-bond acceptors (Lipinski definition) is 7. The highest BCUT2D eigenvalue weighted by Crippen LogP contribution is 2.41. The maximum absolute atomic E-state index is 13.0. The molecule has 2 aromatic heterocycles. The normalized spacial score (nSPS) is 18.1. The molecule has 1 atom stereocenters. The van der Waals surface area contributed by atoms with Gasteiger partial charge in [-0.05, 0) is 49.7 Å². The number of Topliss-reactive ketones (excluding diaryl/α,β-unsaturated/α-hetero) is 1. The first kappa shape index (κ1) is 19.4. The number of ether oxygens (including phenoxy) is 1. The summed E-state index contributed by atoms with van der Waals surface area (Å²) in [5.74, 6) is -0.581. The van der Waals surface area contributed by atoms with E-state index in [1.807, 2.05) is 6.92 Å². The van der Waals surface area contributed by atoms with Crippen molar-refractivity contribution in [3.63, 3.8) is 0 Å². The van der Waals surface area contributed by atoms with Gasteiger partial charge in [-0.3, -0.25) is 19.5 Å². The molecule has 1 saturated heterocycles. The van der Waals surface area contributed by atoms with Crippen molar-refractivity contribution in [3.05, 3.63) is 77.3 Å². The van der Waals surface area contributed by atoms with Crippen LogP contribution in [-0.2, 0) is 9.59 Å². The number of anilines is 1. The van der Waals surface area contributed by atoms with Crippen LogP contribution in [0.3, 0.4) is 0 Å². The number of ketones is 1. The number of aliphatic hydroxyl groups is 1. The van der Waals surface area contributed by atoms with Crippen LogP contribution in [0.4, 0.5) is 5.82 Å². The van der Waals surface area contributed by atoms with Gasteiger partial charge in [-0.15, -0.1) is 0 Å². The fraction of sp³-hybridized carbons (Fsp3) is 0.182. The summed E-state index contributed by atoms with van der Waals surface area (Å²) in [7, 11) is 0. The van der Waals surface area contributed by atoms with Crippen LogP contribution in [0, 0.1) is 6.92 Å². The van der Waals surface area contributed by atoms with Gasteiger partial charge in [0.15, 0.2) is 5.82 Å². The van der Waals surface area contributed by atoms with Crippen LogP contribution < -0.4 is 9.64 Å². The van der Waals surface area contributed by atoms with Crippen molar-refractivity contribution in [2.75, 3.05) is 11.5 Å². The molecule has 1 N–H and O–H groups in total. The highest BCUT2D eigenvalue weighted by molar-refractivity contribution is 6.51. The molecule has 0 saturated carbocycles. The molecule has 152 valence electrons. The standard InChI is InChI=1S/C22H19N3O5/c1-3-29-16-8-6-14(7-9-16)20(26)18-19(15-5-4-10-23-12-15)25(22(28)21(18)27)17-11-13(2)30-24-17/h4-12,19,26H,3H2,1-2H3/b20-18+. The lowest BCUT2D eigenvalue weighted by Gasteiger charge is -2.22. The molecule has 0 radical (unpaired) electrons. The number of nitrogens with zero attached hydrogens (tertiary/aromatic N) is 3. The number of pyridine rings is 1. The lowest BCUT2D eigenvalue weighted by atomic mass is 9.96. The summed E-state index contributed by atoms with van der Waals surface area (Å²) in [5, 5.41) is 14.9. The quantitative estimate of drug-likeness (QED) is 0.394. The number of hydrogen-bond donors (Lipinski definition) is 1. The molecule has 1 fully saturated rings. The smallest absolute Gasteiger partial charge is 0.301 e. The number of carbonyl (C=O) groups excluding carboxylic acids is 2. The van der Waals surface area contributed by atoms with Crippen molar-refractivity contribution in [2.24, 2.45) is 0 Å². The van der Waals surface area contributed by atoms with Gasteiger partial charge in [0.1, 0.15) is 17.3 Å². The van der Waals surface area contributed by atoms with Crippen molar-refractivity contribution in [3.8, 4) is 5.75 Å². The van der Waals surface area contributed by atoms with Crippen LogP contribution in [0.5, 0.6) is 5.75 Å². The van der Waals surface area contributed by atoms with E-state index in [9.17, 15) is 14.7 Å². The van der Waals surface area contributed by atoms with E-state index in [0.29, 0.717) is 29.2 Å². The number of benzene rings is 1. The molecule has 3 aromatic rings. The average Bonchev–Trinajstić information content (AvgIpc) is 3.30. The number of rotatable bonds is 5. The molecular formula is C22H19N3O5. The summed E-state index contributed by atoms with van der Waals surface area (Å²) in [5.41, 5.74) is 0.907. The maximum atomic E-state index is 13.0. The van der Waals surface area contributed by atoms with Crippen LogP contribution in [0.15, 0.2) is 65.0 Å². The molecule has 4 rings (SSSR count). The zero-order valence-corrected chi connectivity index (χ0v) is 16.4. The summed E-state index contributed by atoms with van der Waals surface area (Å²) in [6, 6.07) is 10.7. The Morgan fingerprint density at radius 2 is 2.00 bits per heavy atom. The second-order valence-electron chi connectivity index (χ2n) is 6.71. The minimum atomic E-state index is -0.894. The van der Waals surface area contributed by atoms with Gasteiger partial charge in [-0.2, -0.15) is 0 Å². The number of aryl methyl sites for hydroxylation is 1. The van der Waals surface area contributed by atoms with E-state index < -0.39 is 17.7 Å². The molecular weight excluding hydrogens is 386 g/mol. The van der Waals surface area contributed by atoms with E-state index >= 15 is 0 Å². The van der Waals surface area contributed by atoms with Gasteiger partial charge < -0.3 is 14.4 Å². The summed E-state index contributed by atoms with van der Waals surface area (Å²) in [6.07, 6.45) is 3.13. The van der Waals surface area contributed by atoms with Crippen molar-refractivity contribution >= 4 is 23.3 Å². The topological polar surface area (TPSA) is 106 Å². The number of aromatic nitrogens is 2. The maximum Gasteiger partial charge on any atom is 0.301 e. The van der Waals surface area contributed by atoms with Gasteiger partial charge >= 0.3 is 5.91 Å². The van der Waals surface area contributed by atoms with E-state index in [4.69, 9.17) is 9.26 Å². The summed E-state index contributed by atoms with van der Waals surface area (Å²) < 4.78 is 10.5. The Labute approximate surface area is 172 Å². The molecule has 0 bridgehead atoms. The zero-order valence-electron chi connectivity index (χ0n) is 16.4. The Morgan fingerprint density at radius 1 is 1.23 bits per heavy atom. The summed E-state index contributed by atoms with van der Waals surface area (Å²) in [4.78, 5) is 31.2. The second kappa shape index (κ2) is 7.82. The average molecular weight is 405 g/mol. The Balaban J connectivity index is 1.87. The number of aliphatic hydroxyl groups excluding tert-OH is 1. The molecule has 8 nitrogen and oxygen atoms in total. The Kier molecular flexibility index (Phi) is 5.05. The van der Waals surface area contributed by atoms with E-state index in [-0.39, 0.29) is 17.2 Å². The fourth-order valence-electron chi connectivity index (χ4n) is 3.42. The zero-order chi connectivity index (χ0) is 21.3. The third-order valence-electron chi connectivity index (χ3n) is 4.75. The van der Waals surface area contributed by atoms with Crippen molar-refractivity contribution in [1.82, 2.24) is 10.1 Å². The van der Waals surface area contributed by atoms with Crippen LogP contribution in [0.25, 0.3) is 5.76 Å². The first-order chi connectivity index (χ1) is 14.5. The van der Waals surface area contributed by atoms with Gasteiger partial charge in [0, 0.05) is 24.0 Å². The van der Waals surface area contributed by atoms with Gasteiger partial charge in [-0.25, -0.2) is 0 Å². The molecule has 0 spiro atoms. The highest BCUT2D eigenvalue weighted by Gasteiger charge is 2.48. The third kappa shape index (κ3) is 3.32. The van der Waals surface area contributed by atoms with Gasteiger partial charge in [0.2, 0.25) is 0 Å². The summed E-state index contributed by atoms with van der Waals surface area (Å²) in [6.45, 7) is 4.07.